The van der Waals surface area contributed by atoms with Crippen LogP contribution in [0.15, 0.2) is 0 Å². The number of hydrogen-bond donors (Lipinski definition) is 2. The van der Waals surface area contributed by atoms with Crippen LogP contribution in [0.25, 0.3) is 0 Å². The van der Waals surface area contributed by atoms with E-state index in [4.69, 9.17) is 19.0 Å². The molecule has 0 spiro atoms. The Balaban J connectivity index is 4.48. The number of hydrogen-bond acceptors (Lipinski definition) is 5. The molecule has 0 aliphatic heterocycles. The topological polar surface area (TPSA) is 65.7 Å². The maximum Gasteiger partial charge on any atom is 0.518 e. The second-order valence-electron chi connectivity index (χ2n) is 3.72. The summed E-state index contributed by atoms with van der Waals surface area (Å²) in [4.78, 5) is 0. The fourth-order valence-corrected chi connectivity index (χ4v) is 4.25. The summed E-state index contributed by atoms with van der Waals surface area (Å²) in [6, 6.07) is 0. The molecule has 5 nitrogen and oxygen atoms in total. The van der Waals surface area contributed by atoms with Crippen LogP contribution < -0.4 is 11.1 Å². The zero-order chi connectivity index (χ0) is 13.1. The molecule has 0 aliphatic rings. The van der Waals surface area contributed by atoms with E-state index >= 15 is 0 Å². The molecule has 0 aromatic rings. The highest BCUT2D eigenvalue weighted by molar-refractivity contribution is 6.62. The normalized spacial score (nSPS) is 13.9. The van der Waals surface area contributed by atoms with Crippen molar-refractivity contribution in [1.29, 1.82) is 0 Å². The first kappa shape index (κ1) is 17.0. The molecule has 0 radical (unpaired) electrons. The Bertz CT molecular complexity index is 167. The molecule has 6 heteroatoms. The smallest absolute Gasteiger partial charge is 0.373 e. The van der Waals surface area contributed by atoms with Crippen LogP contribution in [0.2, 0.25) is 0 Å². The number of nitrogens with one attached hydrogen (secondary N) is 1. The second-order valence-corrected chi connectivity index (χ2v) is 6.66. The number of rotatable bonds is 11. The van der Waals surface area contributed by atoms with Gasteiger partial charge in [0.2, 0.25) is 0 Å². The van der Waals surface area contributed by atoms with E-state index in [0.29, 0.717) is 26.4 Å². The quantitative estimate of drug-likeness (QED) is 0.429. The van der Waals surface area contributed by atoms with Crippen LogP contribution in [0.3, 0.4) is 0 Å². The van der Waals surface area contributed by atoms with Crippen LogP contribution in [0.5, 0.6) is 0 Å². The van der Waals surface area contributed by atoms with Crippen molar-refractivity contribution in [2.75, 3.05) is 32.9 Å². The molecule has 1 atom stereocenters. The average molecular weight is 264 g/mol. The molecule has 0 aromatic carbocycles. The Hall–Kier alpha value is 0.0169. The van der Waals surface area contributed by atoms with Gasteiger partial charge in [0.1, 0.15) is 0 Å². The molecular formula is C11H28N2O3Si. The van der Waals surface area contributed by atoms with Crippen molar-refractivity contribution in [3.8, 4) is 0 Å². The SMILES string of the molecule is CCO[Si](OCC)(OCC)C(C)NCCCN. The zero-order valence-electron chi connectivity index (χ0n) is 11.6. The molecule has 0 amide bonds. The minimum Gasteiger partial charge on any atom is -0.373 e. The molecule has 0 fully saturated rings. The Morgan fingerprint density at radius 1 is 1.06 bits per heavy atom. The molecule has 104 valence electrons. The average Bonchev–Trinajstić information content (AvgIpc) is 2.30. The molecule has 3 N–H and O–H groups in total. The fourth-order valence-electron chi connectivity index (χ4n) is 1.65. The van der Waals surface area contributed by atoms with E-state index in [1.165, 1.54) is 0 Å². The highest BCUT2D eigenvalue weighted by Crippen LogP contribution is 2.15. The summed E-state index contributed by atoms with van der Waals surface area (Å²) < 4.78 is 17.4. The molecule has 17 heavy (non-hydrogen) atoms. The van der Waals surface area contributed by atoms with Gasteiger partial charge in [-0.15, -0.1) is 0 Å². The third-order valence-corrected chi connectivity index (χ3v) is 5.74. The lowest BCUT2D eigenvalue weighted by Gasteiger charge is -2.33. The van der Waals surface area contributed by atoms with Gasteiger partial charge in [0.25, 0.3) is 0 Å². The van der Waals surface area contributed by atoms with Gasteiger partial charge in [-0.1, -0.05) is 0 Å². The largest absolute Gasteiger partial charge is 0.518 e. The van der Waals surface area contributed by atoms with Gasteiger partial charge in [-0.25, -0.2) is 0 Å². The maximum absolute atomic E-state index is 5.80. The zero-order valence-corrected chi connectivity index (χ0v) is 12.6. The van der Waals surface area contributed by atoms with E-state index in [1.807, 2.05) is 20.8 Å². The van der Waals surface area contributed by atoms with Crippen LogP contribution in [0.1, 0.15) is 34.1 Å². The summed E-state index contributed by atoms with van der Waals surface area (Å²) in [6.45, 7) is 11.3. The van der Waals surface area contributed by atoms with Gasteiger partial charge >= 0.3 is 8.80 Å². The minimum absolute atomic E-state index is 0.0916. The van der Waals surface area contributed by atoms with Crippen LogP contribution in [0.4, 0.5) is 0 Å². The van der Waals surface area contributed by atoms with Crippen molar-refractivity contribution in [3.63, 3.8) is 0 Å². The highest BCUT2D eigenvalue weighted by Gasteiger charge is 2.46. The molecule has 0 aromatic heterocycles. The Kier molecular flexibility index (Phi) is 10.00. The van der Waals surface area contributed by atoms with Crippen molar-refractivity contribution in [3.05, 3.63) is 0 Å². The lowest BCUT2D eigenvalue weighted by atomic mass is 10.4. The Labute approximate surface area is 106 Å². The first-order valence-corrected chi connectivity index (χ1v) is 8.32. The standard InChI is InChI=1S/C11H28N2O3Si/c1-5-14-17(15-6-2,16-7-3)11(4)13-10-8-9-12/h11,13H,5-10,12H2,1-4H3. The predicted molar refractivity (Wildman–Crippen MR) is 71.8 cm³/mol. The molecule has 0 rings (SSSR count). The van der Waals surface area contributed by atoms with Gasteiger partial charge in [-0.2, -0.15) is 0 Å². The first-order valence-electron chi connectivity index (χ1n) is 6.52. The summed E-state index contributed by atoms with van der Waals surface area (Å²) in [5.74, 6) is 0. The summed E-state index contributed by atoms with van der Waals surface area (Å²) in [6.07, 6.45) is 0.944. The lowest BCUT2D eigenvalue weighted by molar-refractivity contribution is 0.0599. The maximum atomic E-state index is 5.80. The van der Waals surface area contributed by atoms with Crippen LogP contribution in [-0.2, 0) is 13.3 Å². The third-order valence-electron chi connectivity index (χ3n) is 2.40. The van der Waals surface area contributed by atoms with Crippen LogP contribution in [-0.4, -0.2) is 47.4 Å². The van der Waals surface area contributed by atoms with E-state index in [0.717, 1.165) is 13.0 Å². The lowest BCUT2D eigenvalue weighted by Crippen LogP contribution is -2.61. The Morgan fingerprint density at radius 2 is 1.53 bits per heavy atom. The molecule has 0 saturated heterocycles. The summed E-state index contributed by atoms with van der Waals surface area (Å²) in [5, 5.41) is 3.39. The van der Waals surface area contributed by atoms with E-state index in [9.17, 15) is 0 Å². The Morgan fingerprint density at radius 3 is 1.88 bits per heavy atom. The van der Waals surface area contributed by atoms with E-state index in [-0.39, 0.29) is 5.67 Å². The van der Waals surface area contributed by atoms with Gasteiger partial charge in [-0.3, -0.25) is 0 Å². The fraction of sp³-hybridized carbons (Fsp3) is 1.00. The molecule has 0 heterocycles. The molecule has 0 bridgehead atoms. The van der Waals surface area contributed by atoms with Gasteiger partial charge in [0, 0.05) is 19.8 Å². The van der Waals surface area contributed by atoms with Gasteiger partial charge < -0.3 is 24.3 Å². The third kappa shape index (κ3) is 5.94. The van der Waals surface area contributed by atoms with Crippen molar-refractivity contribution >= 4 is 8.80 Å². The molecule has 0 aliphatic carbocycles. The summed E-state index contributed by atoms with van der Waals surface area (Å²) in [7, 11) is -2.60. The van der Waals surface area contributed by atoms with Crippen LogP contribution >= 0.6 is 0 Å². The molecular weight excluding hydrogens is 236 g/mol. The van der Waals surface area contributed by atoms with Crippen LogP contribution in [0, 0.1) is 0 Å². The van der Waals surface area contributed by atoms with Crippen molar-refractivity contribution in [1.82, 2.24) is 5.32 Å². The minimum atomic E-state index is -2.60. The molecule has 0 saturated carbocycles. The first-order chi connectivity index (χ1) is 8.16. The van der Waals surface area contributed by atoms with Gasteiger partial charge in [0.15, 0.2) is 0 Å². The highest BCUT2D eigenvalue weighted by atomic mass is 28.4. The van der Waals surface area contributed by atoms with E-state index < -0.39 is 8.80 Å². The predicted octanol–water partition coefficient (Wildman–Crippen LogP) is 0.901. The van der Waals surface area contributed by atoms with Gasteiger partial charge in [-0.05, 0) is 47.2 Å². The summed E-state index contributed by atoms with van der Waals surface area (Å²) >= 11 is 0. The van der Waals surface area contributed by atoms with E-state index in [1.54, 1.807) is 0 Å². The molecule has 1 unspecified atom stereocenters. The van der Waals surface area contributed by atoms with Crippen molar-refractivity contribution in [2.45, 2.75) is 39.8 Å². The monoisotopic (exact) mass is 264 g/mol. The van der Waals surface area contributed by atoms with Crippen molar-refractivity contribution in [2.24, 2.45) is 5.73 Å². The second kappa shape index (κ2) is 9.99. The number of nitrogens with two attached hydrogens (primary N) is 1. The van der Waals surface area contributed by atoms with Crippen molar-refractivity contribution < 1.29 is 13.3 Å². The van der Waals surface area contributed by atoms with E-state index in [2.05, 4.69) is 12.2 Å². The summed E-state index contributed by atoms with van der Waals surface area (Å²) in [5.41, 5.74) is 5.57. The van der Waals surface area contributed by atoms with Gasteiger partial charge in [0.05, 0.1) is 5.67 Å².